The molecule has 0 spiro atoms. The predicted molar refractivity (Wildman–Crippen MR) is 92.8 cm³/mol. The van der Waals surface area contributed by atoms with E-state index in [1.165, 1.54) is 19.3 Å². The number of amides is 2. The molecule has 1 heterocycles. The van der Waals surface area contributed by atoms with Crippen molar-refractivity contribution in [3.8, 4) is 0 Å². The normalized spacial score (nSPS) is 17.0. The molecule has 6 nitrogen and oxygen atoms in total. The zero-order chi connectivity index (χ0) is 17.2. The molecule has 6 heteroatoms. The van der Waals surface area contributed by atoms with Crippen LogP contribution in [0.1, 0.15) is 43.4 Å². The molecule has 0 saturated heterocycles. The lowest BCUT2D eigenvalue weighted by Gasteiger charge is -2.24. The van der Waals surface area contributed by atoms with E-state index in [0.29, 0.717) is 11.7 Å². The highest BCUT2D eigenvalue weighted by Gasteiger charge is 2.25. The van der Waals surface area contributed by atoms with E-state index in [1.54, 1.807) is 11.6 Å². The van der Waals surface area contributed by atoms with Gasteiger partial charge in [-0.3, -0.25) is 10.00 Å². The summed E-state index contributed by atoms with van der Waals surface area (Å²) in [7, 11) is 1.82. The van der Waals surface area contributed by atoms with Crippen LogP contribution < -0.4 is 10.6 Å². The SMILES string of the molecule is Cn1nc(C2CCC2)cc1NC(=O)NCC(C)(O)c1ccccc1. The molecule has 0 bridgehead atoms. The van der Waals surface area contributed by atoms with Crippen LogP contribution in [0.25, 0.3) is 0 Å². The van der Waals surface area contributed by atoms with Crippen molar-refractivity contribution < 1.29 is 9.90 Å². The highest BCUT2D eigenvalue weighted by Crippen LogP contribution is 2.36. The molecule has 1 aliphatic carbocycles. The molecule has 3 rings (SSSR count). The molecule has 24 heavy (non-hydrogen) atoms. The lowest BCUT2D eigenvalue weighted by Crippen LogP contribution is -2.40. The lowest BCUT2D eigenvalue weighted by molar-refractivity contribution is 0.0599. The summed E-state index contributed by atoms with van der Waals surface area (Å²) >= 11 is 0. The van der Waals surface area contributed by atoms with Crippen molar-refractivity contribution in [1.82, 2.24) is 15.1 Å². The molecule has 128 valence electrons. The van der Waals surface area contributed by atoms with E-state index in [4.69, 9.17) is 0 Å². The molecule has 1 fully saturated rings. The first-order chi connectivity index (χ1) is 11.5. The number of aryl methyl sites for hydroxylation is 1. The number of anilines is 1. The van der Waals surface area contributed by atoms with Gasteiger partial charge in [0.2, 0.25) is 0 Å². The van der Waals surface area contributed by atoms with E-state index < -0.39 is 5.60 Å². The van der Waals surface area contributed by atoms with Crippen molar-refractivity contribution in [3.63, 3.8) is 0 Å². The minimum absolute atomic E-state index is 0.121. The topological polar surface area (TPSA) is 79.2 Å². The zero-order valence-corrected chi connectivity index (χ0v) is 14.1. The summed E-state index contributed by atoms with van der Waals surface area (Å²) < 4.78 is 1.68. The number of hydrogen-bond donors (Lipinski definition) is 3. The number of benzene rings is 1. The van der Waals surface area contributed by atoms with Gasteiger partial charge in [-0.1, -0.05) is 36.8 Å². The standard InChI is InChI=1S/C18H24N4O2/c1-18(24,14-9-4-3-5-10-14)12-19-17(23)20-16-11-15(21-22(16)2)13-7-6-8-13/h3-5,9-11,13,24H,6-8,12H2,1-2H3,(H2,19,20,23). The van der Waals surface area contributed by atoms with E-state index >= 15 is 0 Å². The van der Waals surface area contributed by atoms with Crippen molar-refractivity contribution >= 4 is 11.8 Å². The maximum Gasteiger partial charge on any atom is 0.320 e. The highest BCUT2D eigenvalue weighted by atomic mass is 16.3. The van der Waals surface area contributed by atoms with Crippen molar-refractivity contribution in [2.75, 3.05) is 11.9 Å². The highest BCUT2D eigenvalue weighted by molar-refractivity contribution is 5.88. The molecule has 1 aromatic heterocycles. The zero-order valence-electron chi connectivity index (χ0n) is 14.1. The third kappa shape index (κ3) is 3.59. The van der Waals surface area contributed by atoms with Gasteiger partial charge in [0.15, 0.2) is 0 Å². The van der Waals surface area contributed by atoms with Crippen LogP contribution in [0.2, 0.25) is 0 Å². The van der Waals surface area contributed by atoms with Crippen LogP contribution in [-0.4, -0.2) is 27.5 Å². The fraction of sp³-hybridized carbons (Fsp3) is 0.444. The van der Waals surface area contributed by atoms with E-state index in [2.05, 4.69) is 15.7 Å². The van der Waals surface area contributed by atoms with Gasteiger partial charge in [-0.25, -0.2) is 4.79 Å². The molecule has 1 unspecified atom stereocenters. The van der Waals surface area contributed by atoms with Gasteiger partial charge < -0.3 is 10.4 Å². The minimum atomic E-state index is -1.12. The quantitative estimate of drug-likeness (QED) is 0.789. The minimum Gasteiger partial charge on any atom is -0.384 e. The third-order valence-corrected chi connectivity index (χ3v) is 4.65. The number of urea groups is 1. The lowest BCUT2D eigenvalue weighted by atomic mass is 9.83. The van der Waals surface area contributed by atoms with Crippen molar-refractivity contribution in [2.45, 2.75) is 37.7 Å². The molecule has 1 aliphatic rings. The second-order valence-electron chi connectivity index (χ2n) is 6.65. The first-order valence-electron chi connectivity index (χ1n) is 8.32. The summed E-state index contributed by atoms with van der Waals surface area (Å²) in [6.07, 6.45) is 3.59. The average Bonchev–Trinajstić information content (AvgIpc) is 2.85. The molecule has 2 amide bonds. The fourth-order valence-electron chi connectivity index (χ4n) is 2.82. The van der Waals surface area contributed by atoms with Crippen LogP contribution in [0.15, 0.2) is 36.4 Å². The summed E-state index contributed by atoms with van der Waals surface area (Å²) in [4.78, 5) is 12.1. The molecular formula is C18H24N4O2. The van der Waals surface area contributed by atoms with Crippen LogP contribution in [0, 0.1) is 0 Å². The Kier molecular flexibility index (Phi) is 4.57. The number of hydrogen-bond acceptors (Lipinski definition) is 3. The number of carbonyl (C=O) groups is 1. The predicted octanol–water partition coefficient (Wildman–Crippen LogP) is 2.72. The summed E-state index contributed by atoms with van der Waals surface area (Å²) in [6.45, 7) is 1.80. The number of carbonyl (C=O) groups excluding carboxylic acids is 1. The monoisotopic (exact) mass is 328 g/mol. The summed E-state index contributed by atoms with van der Waals surface area (Å²) in [5.41, 5.74) is 0.677. The van der Waals surface area contributed by atoms with Gasteiger partial charge in [-0.05, 0) is 25.3 Å². The maximum absolute atomic E-state index is 12.1. The van der Waals surface area contributed by atoms with Gasteiger partial charge >= 0.3 is 6.03 Å². The Bertz CT molecular complexity index is 705. The van der Waals surface area contributed by atoms with Crippen LogP contribution >= 0.6 is 0 Å². The van der Waals surface area contributed by atoms with E-state index in [-0.39, 0.29) is 12.6 Å². The summed E-state index contributed by atoms with van der Waals surface area (Å²) in [5, 5.41) is 20.5. The average molecular weight is 328 g/mol. The molecule has 1 atom stereocenters. The molecule has 0 aliphatic heterocycles. The molecular weight excluding hydrogens is 304 g/mol. The molecule has 0 radical (unpaired) electrons. The Morgan fingerprint density at radius 3 is 2.71 bits per heavy atom. The molecule has 1 saturated carbocycles. The van der Waals surface area contributed by atoms with Crippen LogP contribution in [0.3, 0.4) is 0 Å². The van der Waals surface area contributed by atoms with Gasteiger partial charge in [0.05, 0.1) is 12.2 Å². The maximum atomic E-state index is 12.1. The smallest absolute Gasteiger partial charge is 0.320 e. The van der Waals surface area contributed by atoms with Crippen molar-refractivity contribution in [3.05, 3.63) is 47.7 Å². The fourth-order valence-corrected chi connectivity index (χ4v) is 2.82. The summed E-state index contributed by atoms with van der Waals surface area (Å²) in [5.74, 6) is 1.18. The van der Waals surface area contributed by atoms with Crippen LogP contribution in [0.5, 0.6) is 0 Å². The number of aliphatic hydroxyl groups is 1. The second kappa shape index (κ2) is 6.65. The van der Waals surface area contributed by atoms with E-state index in [0.717, 1.165) is 11.3 Å². The Labute approximate surface area is 141 Å². The van der Waals surface area contributed by atoms with Crippen molar-refractivity contribution in [2.24, 2.45) is 7.05 Å². The van der Waals surface area contributed by atoms with Gasteiger partial charge in [-0.2, -0.15) is 5.10 Å². The van der Waals surface area contributed by atoms with Crippen LogP contribution in [-0.2, 0) is 12.6 Å². The number of aromatic nitrogens is 2. The Hall–Kier alpha value is -2.34. The van der Waals surface area contributed by atoms with Gasteiger partial charge in [-0.15, -0.1) is 0 Å². The summed E-state index contributed by atoms with van der Waals surface area (Å²) in [6, 6.07) is 10.9. The van der Waals surface area contributed by atoms with E-state index in [1.807, 2.05) is 43.4 Å². The van der Waals surface area contributed by atoms with Crippen molar-refractivity contribution in [1.29, 1.82) is 0 Å². The van der Waals surface area contributed by atoms with Gasteiger partial charge in [0.1, 0.15) is 11.4 Å². The molecule has 2 aromatic rings. The Balaban J connectivity index is 1.57. The largest absolute Gasteiger partial charge is 0.384 e. The Morgan fingerprint density at radius 1 is 1.38 bits per heavy atom. The van der Waals surface area contributed by atoms with Crippen LogP contribution in [0.4, 0.5) is 10.6 Å². The second-order valence-corrected chi connectivity index (χ2v) is 6.65. The molecule has 1 aromatic carbocycles. The number of nitrogens with one attached hydrogen (secondary N) is 2. The third-order valence-electron chi connectivity index (χ3n) is 4.65. The molecule has 3 N–H and O–H groups in total. The van der Waals surface area contributed by atoms with Gasteiger partial charge in [0.25, 0.3) is 0 Å². The van der Waals surface area contributed by atoms with E-state index in [9.17, 15) is 9.90 Å². The first kappa shape index (κ1) is 16.5. The van der Waals surface area contributed by atoms with Gasteiger partial charge in [0, 0.05) is 19.0 Å². The Morgan fingerprint density at radius 2 is 2.08 bits per heavy atom. The first-order valence-corrected chi connectivity index (χ1v) is 8.32. The number of nitrogens with zero attached hydrogens (tertiary/aromatic N) is 2. The number of rotatable bonds is 5.